The highest BCUT2D eigenvalue weighted by Crippen LogP contribution is 2.29. The second-order valence-corrected chi connectivity index (χ2v) is 6.59. The van der Waals surface area contributed by atoms with Crippen molar-refractivity contribution in [1.29, 1.82) is 0 Å². The Labute approximate surface area is 136 Å². The van der Waals surface area contributed by atoms with Crippen molar-refractivity contribution in [2.45, 2.75) is 32.2 Å². The summed E-state index contributed by atoms with van der Waals surface area (Å²) in [5.41, 5.74) is 0.930. The largest absolute Gasteiger partial charge is 0.339 e. The van der Waals surface area contributed by atoms with E-state index in [-0.39, 0.29) is 11.9 Å². The van der Waals surface area contributed by atoms with E-state index in [1.54, 1.807) is 11.0 Å². The van der Waals surface area contributed by atoms with Crippen LogP contribution in [-0.4, -0.2) is 30.9 Å². The molecule has 0 saturated carbocycles. The quantitative estimate of drug-likeness (QED) is 0.888. The molecule has 21 heavy (non-hydrogen) atoms. The van der Waals surface area contributed by atoms with E-state index in [1.165, 1.54) is 6.42 Å². The second kappa shape index (κ2) is 7.48. The molecule has 0 bridgehead atoms. The number of halogens is 2. The standard InChI is InChI=1S/C16H22Cl2N2O/c1-11(14-5-4-13(17)9-15(14)18)20(2)16(21)6-3-12-7-8-19-10-12/h4-5,9,11-12,19H,3,6-8,10H2,1-2H3. The van der Waals surface area contributed by atoms with Crippen LogP contribution in [0.25, 0.3) is 0 Å². The first-order valence-electron chi connectivity index (χ1n) is 7.40. The van der Waals surface area contributed by atoms with Gasteiger partial charge >= 0.3 is 0 Å². The zero-order valence-electron chi connectivity index (χ0n) is 12.5. The average Bonchev–Trinajstić information content (AvgIpc) is 2.96. The van der Waals surface area contributed by atoms with Gasteiger partial charge in [-0.05, 0) is 56.5 Å². The van der Waals surface area contributed by atoms with Gasteiger partial charge in [0.15, 0.2) is 0 Å². The molecule has 1 amide bonds. The first kappa shape index (κ1) is 16.6. The SMILES string of the molecule is CC(c1ccc(Cl)cc1Cl)N(C)C(=O)CCC1CCNC1. The smallest absolute Gasteiger partial charge is 0.222 e. The number of benzene rings is 1. The van der Waals surface area contributed by atoms with Gasteiger partial charge in [-0.3, -0.25) is 4.79 Å². The predicted octanol–water partition coefficient (Wildman–Crippen LogP) is 3.90. The minimum Gasteiger partial charge on any atom is -0.339 e. The number of carbonyl (C=O) groups excluding carboxylic acids is 1. The van der Waals surface area contributed by atoms with Crippen LogP contribution in [0, 0.1) is 5.92 Å². The fourth-order valence-corrected chi connectivity index (χ4v) is 3.30. The van der Waals surface area contributed by atoms with Gasteiger partial charge in [0.05, 0.1) is 6.04 Å². The summed E-state index contributed by atoms with van der Waals surface area (Å²) in [5, 5.41) is 4.55. The Kier molecular flexibility index (Phi) is 5.91. The van der Waals surface area contributed by atoms with Crippen molar-refractivity contribution in [3.63, 3.8) is 0 Å². The lowest BCUT2D eigenvalue weighted by Crippen LogP contribution is -2.30. The summed E-state index contributed by atoms with van der Waals surface area (Å²) in [6.45, 7) is 4.10. The van der Waals surface area contributed by atoms with E-state index in [0.29, 0.717) is 22.4 Å². The van der Waals surface area contributed by atoms with E-state index in [0.717, 1.165) is 25.1 Å². The topological polar surface area (TPSA) is 32.3 Å². The molecule has 1 fully saturated rings. The Morgan fingerprint density at radius 2 is 2.24 bits per heavy atom. The van der Waals surface area contributed by atoms with Crippen LogP contribution in [0.4, 0.5) is 0 Å². The number of hydrogen-bond donors (Lipinski definition) is 1. The molecule has 1 saturated heterocycles. The zero-order valence-corrected chi connectivity index (χ0v) is 14.0. The van der Waals surface area contributed by atoms with Crippen LogP contribution in [0.3, 0.4) is 0 Å². The van der Waals surface area contributed by atoms with E-state index < -0.39 is 0 Å². The average molecular weight is 329 g/mol. The van der Waals surface area contributed by atoms with Gasteiger partial charge in [-0.25, -0.2) is 0 Å². The molecule has 1 aliphatic rings. The summed E-state index contributed by atoms with van der Waals surface area (Å²) < 4.78 is 0. The van der Waals surface area contributed by atoms with Crippen LogP contribution in [-0.2, 0) is 4.79 Å². The van der Waals surface area contributed by atoms with Crippen LogP contribution in [0.15, 0.2) is 18.2 Å². The Hall–Kier alpha value is -0.770. The highest BCUT2D eigenvalue weighted by atomic mass is 35.5. The normalized spacial score (nSPS) is 19.5. The molecular weight excluding hydrogens is 307 g/mol. The van der Waals surface area contributed by atoms with Crippen molar-refractivity contribution in [2.24, 2.45) is 5.92 Å². The second-order valence-electron chi connectivity index (χ2n) is 5.74. The minimum absolute atomic E-state index is 0.0519. The first-order valence-corrected chi connectivity index (χ1v) is 8.16. The molecule has 1 aromatic carbocycles. The van der Waals surface area contributed by atoms with Gasteiger partial charge in [0, 0.05) is 23.5 Å². The lowest BCUT2D eigenvalue weighted by atomic mass is 10.0. The van der Waals surface area contributed by atoms with E-state index in [4.69, 9.17) is 23.2 Å². The van der Waals surface area contributed by atoms with Gasteiger partial charge in [0.1, 0.15) is 0 Å². The number of hydrogen-bond acceptors (Lipinski definition) is 2. The predicted molar refractivity (Wildman–Crippen MR) is 87.9 cm³/mol. The van der Waals surface area contributed by atoms with Crippen LogP contribution in [0.2, 0.25) is 10.0 Å². The van der Waals surface area contributed by atoms with Crippen LogP contribution in [0.5, 0.6) is 0 Å². The fourth-order valence-electron chi connectivity index (χ4n) is 2.73. The molecule has 1 N–H and O–H groups in total. The van der Waals surface area contributed by atoms with Gasteiger partial charge in [0.2, 0.25) is 5.91 Å². The Balaban J connectivity index is 1.93. The van der Waals surface area contributed by atoms with Crippen molar-refractivity contribution in [3.05, 3.63) is 33.8 Å². The third-order valence-electron chi connectivity index (χ3n) is 4.32. The third-order valence-corrected chi connectivity index (χ3v) is 4.88. The summed E-state index contributed by atoms with van der Waals surface area (Å²) in [7, 11) is 1.84. The van der Waals surface area contributed by atoms with Gasteiger partial charge in [0.25, 0.3) is 0 Å². The van der Waals surface area contributed by atoms with Crippen LogP contribution in [0.1, 0.15) is 37.8 Å². The maximum Gasteiger partial charge on any atom is 0.222 e. The lowest BCUT2D eigenvalue weighted by Gasteiger charge is -2.26. The highest BCUT2D eigenvalue weighted by Gasteiger charge is 2.21. The highest BCUT2D eigenvalue weighted by molar-refractivity contribution is 6.35. The van der Waals surface area contributed by atoms with E-state index in [1.807, 2.05) is 26.1 Å². The molecule has 1 heterocycles. The van der Waals surface area contributed by atoms with Crippen molar-refractivity contribution in [3.8, 4) is 0 Å². The fraction of sp³-hybridized carbons (Fsp3) is 0.562. The molecule has 2 unspecified atom stereocenters. The molecule has 3 nitrogen and oxygen atoms in total. The molecule has 0 aromatic heterocycles. The van der Waals surface area contributed by atoms with Crippen molar-refractivity contribution in [1.82, 2.24) is 10.2 Å². The molecule has 0 spiro atoms. The van der Waals surface area contributed by atoms with Crippen LogP contribution >= 0.6 is 23.2 Å². The Morgan fingerprint density at radius 3 is 2.86 bits per heavy atom. The number of amides is 1. The molecule has 0 aliphatic carbocycles. The van der Waals surface area contributed by atoms with Gasteiger partial charge in [-0.1, -0.05) is 29.3 Å². The summed E-state index contributed by atoms with van der Waals surface area (Å²) in [6, 6.07) is 5.36. The molecule has 1 aliphatic heterocycles. The van der Waals surface area contributed by atoms with Gasteiger partial charge in [-0.2, -0.15) is 0 Å². The lowest BCUT2D eigenvalue weighted by molar-refractivity contribution is -0.132. The van der Waals surface area contributed by atoms with Gasteiger partial charge < -0.3 is 10.2 Å². The Morgan fingerprint density at radius 1 is 1.48 bits per heavy atom. The zero-order chi connectivity index (χ0) is 15.4. The molecule has 2 rings (SSSR count). The molecule has 2 atom stereocenters. The maximum atomic E-state index is 12.3. The van der Waals surface area contributed by atoms with Crippen molar-refractivity contribution < 1.29 is 4.79 Å². The first-order chi connectivity index (χ1) is 9.99. The minimum atomic E-state index is -0.0519. The summed E-state index contributed by atoms with van der Waals surface area (Å²) in [5.74, 6) is 0.803. The van der Waals surface area contributed by atoms with Crippen molar-refractivity contribution >= 4 is 29.1 Å². The van der Waals surface area contributed by atoms with E-state index >= 15 is 0 Å². The monoisotopic (exact) mass is 328 g/mol. The van der Waals surface area contributed by atoms with Crippen LogP contribution < -0.4 is 5.32 Å². The Bertz CT molecular complexity index is 501. The molecule has 116 valence electrons. The molecular formula is C16H22Cl2N2O. The number of nitrogens with one attached hydrogen (secondary N) is 1. The summed E-state index contributed by atoms with van der Waals surface area (Å²) >= 11 is 12.1. The van der Waals surface area contributed by atoms with Gasteiger partial charge in [-0.15, -0.1) is 0 Å². The summed E-state index contributed by atoms with van der Waals surface area (Å²) in [6.07, 6.45) is 2.73. The van der Waals surface area contributed by atoms with Crippen molar-refractivity contribution in [2.75, 3.05) is 20.1 Å². The third kappa shape index (κ3) is 4.35. The molecule has 0 radical (unpaired) electrons. The van der Waals surface area contributed by atoms with E-state index in [9.17, 15) is 4.79 Å². The molecule has 5 heteroatoms. The summed E-state index contributed by atoms with van der Waals surface area (Å²) in [4.78, 5) is 14.1. The maximum absolute atomic E-state index is 12.3. The van der Waals surface area contributed by atoms with E-state index in [2.05, 4.69) is 5.32 Å². The number of nitrogens with zero attached hydrogens (tertiary/aromatic N) is 1. The molecule has 1 aromatic rings. The number of carbonyl (C=O) groups is 1. The number of rotatable bonds is 5.